The van der Waals surface area contributed by atoms with Crippen molar-refractivity contribution >= 4 is 21.5 Å². The number of fused-ring (bicyclic) bond motifs is 1. The van der Waals surface area contributed by atoms with Crippen molar-refractivity contribution in [2.75, 3.05) is 5.75 Å². The lowest BCUT2D eigenvalue weighted by Crippen LogP contribution is -2.73. The van der Waals surface area contributed by atoms with E-state index >= 15 is 0 Å². The van der Waals surface area contributed by atoms with E-state index in [4.69, 9.17) is 5.73 Å². The largest absolute Gasteiger partial charge is 0.317 e. The molecule has 2 rings (SSSR count). The number of sulfone groups is 1. The van der Waals surface area contributed by atoms with Crippen molar-refractivity contribution in [2.45, 2.75) is 39.1 Å². The van der Waals surface area contributed by atoms with E-state index in [1.165, 1.54) is 0 Å². The topological polar surface area (TPSA) is 97.5 Å². The molecule has 0 aliphatic carbocycles. The summed E-state index contributed by atoms with van der Waals surface area (Å²) in [6, 6.07) is -1.05. The zero-order chi connectivity index (χ0) is 14.7. The second-order valence-electron chi connectivity index (χ2n) is 6.14. The van der Waals surface area contributed by atoms with Gasteiger partial charge in [-0.2, -0.15) is 0 Å². The van der Waals surface area contributed by atoms with Crippen LogP contribution in [0.5, 0.6) is 0 Å². The molecule has 0 saturated carbocycles. The minimum atomic E-state index is -3.50. The molecule has 1 fully saturated rings. The van der Waals surface area contributed by atoms with Crippen LogP contribution in [0.4, 0.5) is 0 Å². The maximum absolute atomic E-state index is 12.4. The molecule has 1 saturated heterocycles. The van der Waals surface area contributed by atoms with Crippen molar-refractivity contribution < 1.29 is 18.0 Å². The average molecular weight is 286 g/mol. The third-order valence-corrected chi connectivity index (χ3v) is 5.49. The summed E-state index contributed by atoms with van der Waals surface area (Å²) in [7, 11) is -3.50. The fraction of sp³-hybridized carbons (Fsp3) is 0.667. The summed E-state index contributed by atoms with van der Waals surface area (Å²) in [5, 5.41) is -1.08. The highest BCUT2D eigenvalue weighted by Crippen LogP contribution is 2.38. The Labute approximate surface area is 112 Å². The molecule has 2 aliphatic heterocycles. The van der Waals surface area contributed by atoms with Crippen LogP contribution in [0.15, 0.2) is 11.3 Å². The van der Waals surface area contributed by atoms with E-state index in [1.807, 2.05) is 0 Å². The summed E-state index contributed by atoms with van der Waals surface area (Å²) in [6.07, 6.45) is 0. The van der Waals surface area contributed by atoms with Gasteiger partial charge in [-0.05, 0) is 12.5 Å². The molecule has 0 spiro atoms. The van der Waals surface area contributed by atoms with Gasteiger partial charge < -0.3 is 5.73 Å². The first kappa shape index (κ1) is 14.2. The zero-order valence-electron chi connectivity index (χ0n) is 11.4. The molecular formula is C12H18N2O4S. The minimum absolute atomic E-state index is 0.207. The Hall–Kier alpha value is -1.21. The van der Waals surface area contributed by atoms with Gasteiger partial charge in [0.1, 0.15) is 6.04 Å². The standard InChI is InChI=1S/C12H18N2O4S/c1-6-5-19(17,18)11-7(13)10(16)14(11)8(6)9(15)12(2,3)4/h7,11H,5,13H2,1-4H3/t7-,11+/m1/s1. The molecule has 19 heavy (non-hydrogen) atoms. The number of Topliss-reactive ketones (excluding diaryl/α,β-unsaturated/α-hetero) is 1. The summed E-state index contributed by atoms with van der Waals surface area (Å²) in [6.45, 7) is 6.78. The maximum atomic E-state index is 12.4. The quantitative estimate of drug-likeness (QED) is 0.673. The first-order chi connectivity index (χ1) is 8.48. The number of amides is 1. The van der Waals surface area contributed by atoms with E-state index in [9.17, 15) is 18.0 Å². The summed E-state index contributed by atoms with van der Waals surface area (Å²) in [4.78, 5) is 25.3. The van der Waals surface area contributed by atoms with Crippen LogP contribution in [0, 0.1) is 5.41 Å². The number of rotatable bonds is 1. The van der Waals surface area contributed by atoms with Gasteiger partial charge in [-0.15, -0.1) is 0 Å². The molecule has 2 atom stereocenters. The van der Waals surface area contributed by atoms with E-state index in [0.717, 1.165) is 4.90 Å². The van der Waals surface area contributed by atoms with Gasteiger partial charge in [-0.1, -0.05) is 20.8 Å². The number of nitrogens with zero attached hydrogens (tertiary/aromatic N) is 1. The lowest BCUT2D eigenvalue weighted by Gasteiger charge is -2.48. The molecule has 0 aromatic heterocycles. The minimum Gasteiger partial charge on any atom is -0.317 e. The number of carbonyl (C=O) groups is 2. The summed E-state index contributed by atoms with van der Waals surface area (Å²) in [5.74, 6) is -0.947. The van der Waals surface area contributed by atoms with Crippen LogP contribution < -0.4 is 5.73 Å². The van der Waals surface area contributed by atoms with E-state index in [1.54, 1.807) is 27.7 Å². The molecule has 0 aromatic carbocycles. The number of β-lactam (4-membered cyclic amide) rings is 1. The molecule has 0 aromatic rings. The average Bonchev–Trinajstić information content (AvgIpc) is 2.24. The molecule has 2 N–H and O–H groups in total. The fourth-order valence-corrected chi connectivity index (χ4v) is 4.43. The van der Waals surface area contributed by atoms with Gasteiger partial charge in [0.25, 0.3) is 0 Å². The number of hydrogen-bond donors (Lipinski definition) is 1. The van der Waals surface area contributed by atoms with Crippen molar-refractivity contribution in [1.29, 1.82) is 0 Å². The number of carbonyl (C=O) groups excluding carboxylic acids is 2. The van der Waals surface area contributed by atoms with Gasteiger partial charge in [0.2, 0.25) is 5.91 Å². The third-order valence-electron chi connectivity index (χ3n) is 3.41. The predicted octanol–water partition coefficient (Wildman–Crippen LogP) is -0.200. The van der Waals surface area contributed by atoms with Crippen LogP contribution in [0.3, 0.4) is 0 Å². The molecule has 0 radical (unpaired) electrons. The van der Waals surface area contributed by atoms with Crippen molar-refractivity contribution in [3.63, 3.8) is 0 Å². The monoisotopic (exact) mass is 286 g/mol. The van der Waals surface area contributed by atoms with Gasteiger partial charge in [-0.25, -0.2) is 8.42 Å². The van der Waals surface area contributed by atoms with Crippen LogP contribution >= 0.6 is 0 Å². The maximum Gasteiger partial charge on any atom is 0.248 e. The third kappa shape index (κ3) is 1.92. The Bertz CT molecular complexity index is 598. The highest BCUT2D eigenvalue weighted by molar-refractivity contribution is 7.92. The molecule has 2 heterocycles. The van der Waals surface area contributed by atoms with Crippen LogP contribution in [0.2, 0.25) is 0 Å². The van der Waals surface area contributed by atoms with Crippen LogP contribution in [-0.4, -0.2) is 42.2 Å². The summed E-state index contributed by atoms with van der Waals surface area (Å²) < 4.78 is 24.0. The van der Waals surface area contributed by atoms with Crippen molar-refractivity contribution in [3.05, 3.63) is 11.3 Å². The van der Waals surface area contributed by atoms with E-state index in [-0.39, 0.29) is 17.2 Å². The Morgan fingerprint density at radius 2 is 1.89 bits per heavy atom. The van der Waals surface area contributed by atoms with E-state index in [0.29, 0.717) is 5.57 Å². The second-order valence-corrected chi connectivity index (χ2v) is 8.24. The summed E-state index contributed by atoms with van der Waals surface area (Å²) in [5.41, 5.74) is 5.51. The normalized spacial score (nSPS) is 29.9. The van der Waals surface area contributed by atoms with E-state index < -0.39 is 32.6 Å². The van der Waals surface area contributed by atoms with Gasteiger partial charge in [-0.3, -0.25) is 14.5 Å². The van der Waals surface area contributed by atoms with Crippen LogP contribution in [0.1, 0.15) is 27.7 Å². The molecule has 0 bridgehead atoms. The summed E-state index contributed by atoms with van der Waals surface area (Å²) >= 11 is 0. The Kier molecular flexibility index (Phi) is 2.91. The molecule has 0 unspecified atom stereocenters. The van der Waals surface area contributed by atoms with Gasteiger partial charge in [0, 0.05) is 5.41 Å². The number of nitrogens with two attached hydrogens (primary N) is 1. The van der Waals surface area contributed by atoms with Crippen molar-refractivity contribution in [2.24, 2.45) is 11.1 Å². The van der Waals surface area contributed by atoms with Gasteiger partial charge in [0.15, 0.2) is 21.0 Å². The lowest BCUT2D eigenvalue weighted by atomic mass is 9.85. The number of hydrogen-bond acceptors (Lipinski definition) is 5. The highest BCUT2D eigenvalue weighted by Gasteiger charge is 2.58. The molecule has 7 heteroatoms. The van der Waals surface area contributed by atoms with Crippen LogP contribution in [0.25, 0.3) is 0 Å². The smallest absolute Gasteiger partial charge is 0.248 e. The molecular weight excluding hydrogens is 268 g/mol. The molecule has 2 aliphatic rings. The van der Waals surface area contributed by atoms with Crippen molar-refractivity contribution in [3.8, 4) is 0 Å². The number of ketones is 1. The SMILES string of the molecule is CC1=C(C(=O)C(C)(C)C)N2C(=O)[C@@H](N)[C@@H]2S(=O)(=O)C1. The second kappa shape index (κ2) is 3.89. The Balaban J connectivity index is 2.55. The first-order valence-electron chi connectivity index (χ1n) is 6.03. The Morgan fingerprint density at radius 1 is 1.37 bits per heavy atom. The predicted molar refractivity (Wildman–Crippen MR) is 69.6 cm³/mol. The zero-order valence-corrected chi connectivity index (χ0v) is 12.2. The molecule has 106 valence electrons. The lowest BCUT2D eigenvalue weighted by molar-refractivity contribution is -0.145. The van der Waals surface area contributed by atoms with Crippen molar-refractivity contribution in [1.82, 2.24) is 4.90 Å². The van der Waals surface area contributed by atoms with Crippen LogP contribution in [-0.2, 0) is 19.4 Å². The van der Waals surface area contributed by atoms with E-state index in [2.05, 4.69) is 0 Å². The highest BCUT2D eigenvalue weighted by atomic mass is 32.2. The molecule has 1 amide bonds. The fourth-order valence-electron chi connectivity index (χ4n) is 2.43. The Morgan fingerprint density at radius 3 is 2.37 bits per heavy atom. The van der Waals surface area contributed by atoms with Gasteiger partial charge >= 0.3 is 0 Å². The number of allylic oxidation sites excluding steroid dienone is 1. The first-order valence-corrected chi connectivity index (χ1v) is 7.75. The van der Waals surface area contributed by atoms with Gasteiger partial charge in [0.05, 0.1) is 11.4 Å². The molecule has 6 nitrogen and oxygen atoms in total.